The summed E-state index contributed by atoms with van der Waals surface area (Å²) in [5.74, 6) is 0.903. The Morgan fingerprint density at radius 3 is 2.87 bits per heavy atom. The maximum absolute atomic E-state index is 6.25. The molecular weight excluding hydrogens is 349 g/mol. The maximum atomic E-state index is 6.25. The van der Waals surface area contributed by atoms with Gasteiger partial charge in [0, 0.05) is 21.5 Å². The zero-order valence-corrected chi connectivity index (χ0v) is 14.7. The monoisotopic (exact) mass is 363 g/mol. The molecule has 1 aromatic carbocycles. The first kappa shape index (κ1) is 15.2. The molecule has 0 unspecified atom stereocenters. The van der Waals surface area contributed by atoms with Crippen LogP contribution in [0.25, 0.3) is 10.2 Å². The van der Waals surface area contributed by atoms with Gasteiger partial charge in [-0.05, 0) is 48.9 Å². The molecule has 3 aromatic rings. The fourth-order valence-corrected chi connectivity index (χ4v) is 4.77. The van der Waals surface area contributed by atoms with Crippen LogP contribution in [0.15, 0.2) is 24.5 Å². The Kier molecular flexibility index (Phi) is 4.14. The third-order valence-electron chi connectivity index (χ3n) is 4.21. The lowest BCUT2D eigenvalue weighted by atomic mass is 9.97. The molecule has 4 rings (SSSR count). The highest BCUT2D eigenvalue weighted by Crippen LogP contribution is 2.38. The van der Waals surface area contributed by atoms with Crippen LogP contribution in [0.5, 0.6) is 0 Å². The summed E-state index contributed by atoms with van der Waals surface area (Å²) in [5, 5.41) is 5.94. The standard InChI is InChI=1S/C17H15Cl2N3S/c18-11-6-5-10(13(19)7-11)8-20-16-15-12-3-1-2-4-14(12)23-17(15)22-9-21-16/h5-7,9H,1-4,8H2,(H,20,21,22). The first-order valence-corrected chi connectivity index (χ1v) is 9.22. The molecule has 0 saturated heterocycles. The van der Waals surface area contributed by atoms with Crippen molar-refractivity contribution < 1.29 is 0 Å². The van der Waals surface area contributed by atoms with E-state index >= 15 is 0 Å². The SMILES string of the molecule is Clc1ccc(CNc2ncnc3sc4c(c23)CCCC4)c(Cl)c1. The molecule has 2 heterocycles. The first-order valence-electron chi connectivity index (χ1n) is 7.65. The Labute approximate surface area is 148 Å². The molecule has 0 saturated carbocycles. The third kappa shape index (κ3) is 2.91. The van der Waals surface area contributed by atoms with Crippen molar-refractivity contribution in [3.63, 3.8) is 0 Å². The third-order valence-corrected chi connectivity index (χ3v) is 6.00. The van der Waals surface area contributed by atoms with Crippen molar-refractivity contribution in [2.45, 2.75) is 32.2 Å². The number of nitrogens with one attached hydrogen (secondary N) is 1. The molecule has 23 heavy (non-hydrogen) atoms. The van der Waals surface area contributed by atoms with Crippen molar-refractivity contribution in [1.82, 2.24) is 9.97 Å². The van der Waals surface area contributed by atoms with E-state index in [0.717, 1.165) is 22.6 Å². The average molecular weight is 364 g/mol. The Balaban J connectivity index is 1.67. The van der Waals surface area contributed by atoms with Crippen LogP contribution < -0.4 is 5.32 Å². The Hall–Kier alpha value is -1.36. The highest BCUT2D eigenvalue weighted by atomic mass is 35.5. The van der Waals surface area contributed by atoms with E-state index in [1.165, 1.54) is 35.1 Å². The second-order valence-electron chi connectivity index (χ2n) is 5.70. The van der Waals surface area contributed by atoms with Crippen LogP contribution in [-0.2, 0) is 19.4 Å². The maximum Gasteiger partial charge on any atom is 0.138 e. The highest BCUT2D eigenvalue weighted by Gasteiger charge is 2.19. The van der Waals surface area contributed by atoms with Gasteiger partial charge in [-0.25, -0.2) is 9.97 Å². The molecule has 0 aliphatic heterocycles. The van der Waals surface area contributed by atoms with E-state index in [1.54, 1.807) is 23.7 Å². The summed E-state index contributed by atoms with van der Waals surface area (Å²) in [6, 6.07) is 5.56. The average Bonchev–Trinajstić information content (AvgIpc) is 2.93. The zero-order valence-electron chi connectivity index (χ0n) is 12.4. The van der Waals surface area contributed by atoms with Crippen molar-refractivity contribution in [1.29, 1.82) is 0 Å². The molecule has 0 spiro atoms. The zero-order chi connectivity index (χ0) is 15.8. The van der Waals surface area contributed by atoms with E-state index < -0.39 is 0 Å². The van der Waals surface area contributed by atoms with Crippen molar-refractivity contribution in [3.05, 3.63) is 50.6 Å². The van der Waals surface area contributed by atoms with E-state index in [9.17, 15) is 0 Å². The lowest BCUT2D eigenvalue weighted by molar-refractivity contribution is 0.700. The molecule has 2 aromatic heterocycles. The molecule has 0 amide bonds. The van der Waals surface area contributed by atoms with E-state index in [2.05, 4.69) is 15.3 Å². The van der Waals surface area contributed by atoms with Gasteiger partial charge in [-0.1, -0.05) is 29.3 Å². The van der Waals surface area contributed by atoms with Crippen molar-refractivity contribution in [2.24, 2.45) is 0 Å². The predicted molar refractivity (Wildman–Crippen MR) is 97.8 cm³/mol. The molecule has 1 aliphatic rings. The summed E-state index contributed by atoms with van der Waals surface area (Å²) in [6.45, 7) is 0.618. The number of hydrogen-bond acceptors (Lipinski definition) is 4. The fourth-order valence-electron chi connectivity index (χ4n) is 3.07. The molecule has 3 nitrogen and oxygen atoms in total. The number of benzene rings is 1. The van der Waals surface area contributed by atoms with E-state index in [1.807, 2.05) is 12.1 Å². The summed E-state index contributed by atoms with van der Waals surface area (Å²) < 4.78 is 0. The van der Waals surface area contributed by atoms with Crippen molar-refractivity contribution in [2.75, 3.05) is 5.32 Å². The summed E-state index contributed by atoms with van der Waals surface area (Å²) >= 11 is 14.0. The number of rotatable bonds is 3. The molecule has 0 atom stereocenters. The number of nitrogens with zero attached hydrogens (tertiary/aromatic N) is 2. The van der Waals surface area contributed by atoms with Gasteiger partial charge in [0.1, 0.15) is 17.0 Å². The minimum atomic E-state index is 0.618. The van der Waals surface area contributed by atoms with Crippen LogP contribution >= 0.6 is 34.5 Å². The first-order chi connectivity index (χ1) is 11.2. The normalized spacial score (nSPS) is 14.0. The van der Waals surface area contributed by atoms with Gasteiger partial charge < -0.3 is 5.32 Å². The predicted octanol–water partition coefficient (Wildman–Crippen LogP) is 5.49. The Morgan fingerprint density at radius 2 is 2.00 bits per heavy atom. The molecular formula is C17H15Cl2N3S. The Bertz CT molecular complexity index is 876. The summed E-state index contributed by atoms with van der Waals surface area (Å²) in [4.78, 5) is 11.5. The molecule has 6 heteroatoms. The van der Waals surface area contributed by atoms with Gasteiger partial charge >= 0.3 is 0 Å². The van der Waals surface area contributed by atoms with E-state index in [-0.39, 0.29) is 0 Å². The van der Waals surface area contributed by atoms with Crippen molar-refractivity contribution in [3.8, 4) is 0 Å². The fraction of sp³-hybridized carbons (Fsp3) is 0.294. The van der Waals surface area contributed by atoms with Crippen molar-refractivity contribution >= 4 is 50.6 Å². The number of thiophene rings is 1. The molecule has 1 N–H and O–H groups in total. The molecule has 0 radical (unpaired) electrons. The number of anilines is 1. The van der Waals surface area contributed by atoms with Gasteiger partial charge in [-0.3, -0.25) is 0 Å². The summed E-state index contributed by atoms with van der Waals surface area (Å²) in [6.07, 6.45) is 6.45. The second-order valence-corrected chi connectivity index (χ2v) is 7.63. The smallest absolute Gasteiger partial charge is 0.138 e. The van der Waals surface area contributed by atoms with Crippen LogP contribution in [0, 0.1) is 0 Å². The lowest BCUT2D eigenvalue weighted by Gasteiger charge is -2.13. The largest absolute Gasteiger partial charge is 0.365 e. The van der Waals surface area contributed by atoms with Crippen LogP contribution in [0.2, 0.25) is 10.0 Å². The highest BCUT2D eigenvalue weighted by molar-refractivity contribution is 7.19. The lowest BCUT2D eigenvalue weighted by Crippen LogP contribution is -2.04. The topological polar surface area (TPSA) is 37.8 Å². The van der Waals surface area contributed by atoms with Crippen LogP contribution in [0.4, 0.5) is 5.82 Å². The molecule has 1 aliphatic carbocycles. The van der Waals surface area contributed by atoms with Gasteiger partial charge in [0.05, 0.1) is 5.39 Å². The van der Waals surface area contributed by atoms with Crippen LogP contribution in [0.1, 0.15) is 28.8 Å². The van der Waals surface area contributed by atoms with E-state index in [4.69, 9.17) is 23.2 Å². The minimum Gasteiger partial charge on any atom is -0.365 e. The molecule has 0 fully saturated rings. The number of aromatic nitrogens is 2. The van der Waals surface area contributed by atoms with Gasteiger partial charge in [0.25, 0.3) is 0 Å². The number of hydrogen-bond donors (Lipinski definition) is 1. The van der Waals surface area contributed by atoms with Crippen LogP contribution in [0.3, 0.4) is 0 Å². The Morgan fingerprint density at radius 1 is 1.13 bits per heavy atom. The number of fused-ring (bicyclic) bond motifs is 3. The quantitative estimate of drug-likeness (QED) is 0.668. The summed E-state index contributed by atoms with van der Waals surface area (Å²) in [7, 11) is 0. The summed E-state index contributed by atoms with van der Waals surface area (Å²) in [5.41, 5.74) is 2.44. The van der Waals surface area contributed by atoms with Gasteiger partial charge in [0.15, 0.2) is 0 Å². The van der Waals surface area contributed by atoms with Gasteiger partial charge in [-0.15, -0.1) is 11.3 Å². The van der Waals surface area contributed by atoms with Crippen LogP contribution in [-0.4, -0.2) is 9.97 Å². The molecule has 0 bridgehead atoms. The minimum absolute atomic E-state index is 0.618. The number of halogens is 2. The van der Waals surface area contributed by atoms with Gasteiger partial charge in [0.2, 0.25) is 0 Å². The van der Waals surface area contributed by atoms with Gasteiger partial charge in [-0.2, -0.15) is 0 Å². The van der Waals surface area contributed by atoms with E-state index in [0.29, 0.717) is 16.6 Å². The molecule has 118 valence electrons. The second kappa shape index (κ2) is 6.27. The number of aryl methyl sites for hydroxylation is 2.